The third-order valence-corrected chi connectivity index (χ3v) is 4.36. The van der Waals surface area contributed by atoms with Crippen LogP contribution in [-0.2, 0) is 13.1 Å². The molecule has 2 aromatic carbocycles. The molecule has 0 fully saturated rings. The average Bonchev–Trinajstić information content (AvgIpc) is 3.13. The average molecular weight is 369 g/mol. The van der Waals surface area contributed by atoms with Gasteiger partial charge in [0.25, 0.3) is 0 Å². The largest absolute Gasteiger partial charge is 0.349 e. The Hall–Kier alpha value is -2.86. The first-order valence-corrected chi connectivity index (χ1v) is 8.66. The van der Waals surface area contributed by atoms with E-state index in [2.05, 4.69) is 20.5 Å². The molecule has 0 radical (unpaired) electrons. The van der Waals surface area contributed by atoms with Gasteiger partial charge >= 0.3 is 0 Å². The molecule has 7 heteroatoms. The van der Waals surface area contributed by atoms with Gasteiger partial charge in [-0.1, -0.05) is 48.0 Å². The fourth-order valence-electron chi connectivity index (χ4n) is 2.68. The molecule has 6 nitrogen and oxygen atoms in total. The lowest BCUT2D eigenvalue weighted by Gasteiger charge is -2.22. The first kappa shape index (κ1) is 17.9. The molecule has 0 aliphatic heterocycles. The molecule has 0 unspecified atom stereocenters. The summed E-state index contributed by atoms with van der Waals surface area (Å²) in [6, 6.07) is 17.8. The predicted octanol–water partition coefficient (Wildman–Crippen LogP) is 3.13. The molecule has 0 saturated carbocycles. The van der Waals surface area contributed by atoms with Crippen molar-refractivity contribution in [3.63, 3.8) is 0 Å². The van der Waals surface area contributed by atoms with Gasteiger partial charge in [-0.2, -0.15) is 0 Å². The van der Waals surface area contributed by atoms with Crippen LogP contribution in [0.15, 0.2) is 65.9 Å². The fraction of sp³-hybridized carbons (Fsp3) is 0.211. The SMILES string of the molecule is CN=C(NCc1nncn1-c1ccccc1)N(C)Cc1ccccc1Cl. The first-order chi connectivity index (χ1) is 12.7. The number of halogens is 1. The van der Waals surface area contributed by atoms with Crippen LogP contribution in [0.2, 0.25) is 5.02 Å². The van der Waals surface area contributed by atoms with E-state index < -0.39 is 0 Å². The van der Waals surface area contributed by atoms with Crippen LogP contribution in [0.1, 0.15) is 11.4 Å². The molecular formula is C19H21ClN6. The van der Waals surface area contributed by atoms with Crippen LogP contribution in [0.3, 0.4) is 0 Å². The van der Waals surface area contributed by atoms with Gasteiger partial charge in [0.2, 0.25) is 0 Å². The Morgan fingerprint density at radius 1 is 1.15 bits per heavy atom. The highest BCUT2D eigenvalue weighted by Crippen LogP contribution is 2.16. The van der Waals surface area contributed by atoms with Crippen molar-refractivity contribution in [2.24, 2.45) is 4.99 Å². The standard InChI is InChI=1S/C19H21ClN6/c1-21-19(25(2)13-15-8-6-7-11-17(15)20)22-12-18-24-23-14-26(18)16-9-4-3-5-10-16/h3-11,14H,12-13H2,1-2H3,(H,21,22). The predicted molar refractivity (Wildman–Crippen MR) is 104 cm³/mol. The Balaban J connectivity index is 1.67. The van der Waals surface area contributed by atoms with Crippen molar-refractivity contribution in [1.29, 1.82) is 0 Å². The van der Waals surface area contributed by atoms with Crippen LogP contribution in [0.4, 0.5) is 0 Å². The van der Waals surface area contributed by atoms with Crippen molar-refractivity contribution in [2.75, 3.05) is 14.1 Å². The second kappa shape index (κ2) is 8.49. The second-order valence-electron chi connectivity index (χ2n) is 5.80. The molecule has 0 saturated heterocycles. The number of hydrogen-bond acceptors (Lipinski definition) is 3. The van der Waals surface area contributed by atoms with E-state index in [4.69, 9.17) is 11.6 Å². The smallest absolute Gasteiger partial charge is 0.194 e. The summed E-state index contributed by atoms with van der Waals surface area (Å²) in [6.45, 7) is 1.17. The number of nitrogens with one attached hydrogen (secondary N) is 1. The van der Waals surface area contributed by atoms with Crippen molar-refractivity contribution in [3.8, 4) is 5.69 Å². The van der Waals surface area contributed by atoms with E-state index in [1.807, 2.05) is 71.1 Å². The summed E-state index contributed by atoms with van der Waals surface area (Å²) in [7, 11) is 3.73. The highest BCUT2D eigenvalue weighted by Gasteiger charge is 2.11. The summed E-state index contributed by atoms with van der Waals surface area (Å²) < 4.78 is 1.95. The van der Waals surface area contributed by atoms with Gasteiger partial charge in [-0.3, -0.25) is 9.56 Å². The van der Waals surface area contributed by atoms with E-state index in [0.717, 1.165) is 28.1 Å². The third kappa shape index (κ3) is 4.21. The summed E-state index contributed by atoms with van der Waals surface area (Å²) in [4.78, 5) is 6.36. The molecule has 1 heterocycles. The van der Waals surface area contributed by atoms with Gasteiger partial charge in [0.1, 0.15) is 6.33 Å². The summed E-state index contributed by atoms with van der Waals surface area (Å²) >= 11 is 6.25. The van der Waals surface area contributed by atoms with Crippen molar-refractivity contribution < 1.29 is 0 Å². The number of hydrogen-bond donors (Lipinski definition) is 1. The number of rotatable bonds is 5. The molecule has 0 amide bonds. The number of guanidine groups is 1. The molecule has 0 aliphatic rings. The molecule has 1 aromatic heterocycles. The summed E-state index contributed by atoms with van der Waals surface area (Å²) in [5, 5.41) is 12.3. The molecule has 3 rings (SSSR count). The normalized spacial score (nSPS) is 11.4. The zero-order chi connectivity index (χ0) is 18.4. The minimum absolute atomic E-state index is 0.508. The van der Waals surface area contributed by atoms with Crippen molar-refractivity contribution in [2.45, 2.75) is 13.1 Å². The highest BCUT2D eigenvalue weighted by molar-refractivity contribution is 6.31. The number of nitrogens with zero attached hydrogens (tertiary/aromatic N) is 5. The van der Waals surface area contributed by atoms with Gasteiger partial charge in [-0.25, -0.2) is 0 Å². The van der Waals surface area contributed by atoms with E-state index >= 15 is 0 Å². The molecule has 0 bridgehead atoms. The number of benzene rings is 2. The van der Waals surface area contributed by atoms with Crippen LogP contribution in [0.25, 0.3) is 5.69 Å². The zero-order valence-electron chi connectivity index (χ0n) is 14.8. The Labute approximate surface area is 158 Å². The van der Waals surface area contributed by atoms with Crippen LogP contribution in [0, 0.1) is 0 Å². The Morgan fingerprint density at radius 3 is 2.62 bits per heavy atom. The highest BCUT2D eigenvalue weighted by atomic mass is 35.5. The van der Waals surface area contributed by atoms with E-state index in [0.29, 0.717) is 13.1 Å². The summed E-state index contributed by atoms with van der Waals surface area (Å²) in [5.74, 6) is 1.57. The van der Waals surface area contributed by atoms with Gasteiger partial charge in [-0.05, 0) is 23.8 Å². The van der Waals surface area contributed by atoms with Gasteiger partial charge in [0, 0.05) is 31.4 Å². The minimum Gasteiger partial charge on any atom is -0.349 e. The molecule has 0 aliphatic carbocycles. The molecule has 0 spiro atoms. The number of para-hydroxylation sites is 1. The Bertz CT molecular complexity index is 875. The van der Waals surface area contributed by atoms with Crippen molar-refractivity contribution >= 4 is 17.6 Å². The van der Waals surface area contributed by atoms with Crippen molar-refractivity contribution in [3.05, 3.63) is 77.3 Å². The lowest BCUT2D eigenvalue weighted by molar-refractivity contribution is 0.475. The molecule has 26 heavy (non-hydrogen) atoms. The van der Waals surface area contributed by atoms with Gasteiger partial charge in [0.15, 0.2) is 11.8 Å². The maximum Gasteiger partial charge on any atom is 0.194 e. The maximum absolute atomic E-state index is 6.25. The first-order valence-electron chi connectivity index (χ1n) is 8.28. The van der Waals surface area contributed by atoms with Crippen LogP contribution < -0.4 is 5.32 Å². The van der Waals surface area contributed by atoms with Crippen LogP contribution in [-0.4, -0.2) is 39.7 Å². The number of aromatic nitrogens is 3. The quantitative estimate of drug-likeness (QED) is 0.555. The molecule has 1 N–H and O–H groups in total. The molecule has 134 valence electrons. The van der Waals surface area contributed by atoms with Crippen LogP contribution >= 0.6 is 11.6 Å². The van der Waals surface area contributed by atoms with Crippen molar-refractivity contribution in [1.82, 2.24) is 25.0 Å². The van der Waals surface area contributed by atoms with Gasteiger partial charge < -0.3 is 10.2 Å². The fourth-order valence-corrected chi connectivity index (χ4v) is 2.88. The summed E-state index contributed by atoms with van der Waals surface area (Å²) in [5.41, 5.74) is 2.07. The number of aliphatic imine (C=N–C) groups is 1. The monoisotopic (exact) mass is 368 g/mol. The zero-order valence-corrected chi connectivity index (χ0v) is 15.6. The van der Waals surface area contributed by atoms with E-state index in [1.165, 1.54) is 0 Å². The van der Waals surface area contributed by atoms with E-state index in [1.54, 1.807) is 13.4 Å². The van der Waals surface area contributed by atoms with E-state index in [-0.39, 0.29) is 0 Å². The summed E-state index contributed by atoms with van der Waals surface area (Å²) in [6.07, 6.45) is 1.71. The lowest BCUT2D eigenvalue weighted by Crippen LogP contribution is -2.38. The Kier molecular flexibility index (Phi) is 5.86. The van der Waals surface area contributed by atoms with Gasteiger partial charge in [0.05, 0.1) is 6.54 Å². The Morgan fingerprint density at radius 2 is 1.88 bits per heavy atom. The molecular weight excluding hydrogens is 348 g/mol. The molecule has 0 atom stereocenters. The minimum atomic E-state index is 0.508. The van der Waals surface area contributed by atoms with Gasteiger partial charge in [-0.15, -0.1) is 10.2 Å². The lowest BCUT2D eigenvalue weighted by atomic mass is 10.2. The topological polar surface area (TPSA) is 58.3 Å². The molecule has 3 aromatic rings. The third-order valence-electron chi connectivity index (χ3n) is 4.00. The van der Waals surface area contributed by atoms with Crippen LogP contribution in [0.5, 0.6) is 0 Å². The maximum atomic E-state index is 6.25. The van der Waals surface area contributed by atoms with E-state index in [9.17, 15) is 0 Å². The second-order valence-corrected chi connectivity index (χ2v) is 6.21.